The number of carbonyl (C=O) groups is 1. The molecule has 2 rings (SSSR count). The normalized spacial score (nSPS) is 12.2. The molecule has 1 aromatic carbocycles. The quantitative estimate of drug-likeness (QED) is 0.940. The molecule has 0 saturated carbocycles. The van der Waals surface area contributed by atoms with Gasteiger partial charge in [-0.1, -0.05) is 12.1 Å². The molecule has 1 aromatic heterocycles. The standard InChI is InChI=1S/C16H20FN3O/c1-10(16-11(2)19-20(4)12(16)3)18-15(21)9-13-6-5-7-14(17)8-13/h5-8,10H,9H2,1-4H3,(H,18,21)/t10-/m1/s1. The van der Waals surface area contributed by atoms with Crippen LogP contribution in [0.1, 0.15) is 35.5 Å². The van der Waals surface area contributed by atoms with Crippen LogP contribution >= 0.6 is 0 Å². The molecule has 0 aliphatic carbocycles. The Balaban J connectivity index is 2.05. The minimum atomic E-state index is -0.327. The molecule has 21 heavy (non-hydrogen) atoms. The third kappa shape index (κ3) is 3.48. The van der Waals surface area contributed by atoms with Crippen LogP contribution in [-0.4, -0.2) is 15.7 Å². The number of benzene rings is 1. The molecule has 1 N–H and O–H groups in total. The van der Waals surface area contributed by atoms with Gasteiger partial charge < -0.3 is 5.32 Å². The summed E-state index contributed by atoms with van der Waals surface area (Å²) in [5.74, 6) is -0.456. The molecule has 0 aliphatic rings. The first-order valence-electron chi connectivity index (χ1n) is 6.92. The van der Waals surface area contributed by atoms with Crippen molar-refractivity contribution in [3.63, 3.8) is 0 Å². The maximum Gasteiger partial charge on any atom is 0.224 e. The number of rotatable bonds is 4. The lowest BCUT2D eigenvalue weighted by Crippen LogP contribution is -2.28. The number of aryl methyl sites for hydroxylation is 2. The average Bonchev–Trinajstić information content (AvgIpc) is 2.62. The van der Waals surface area contributed by atoms with Crippen molar-refractivity contribution in [3.05, 3.63) is 52.6 Å². The average molecular weight is 289 g/mol. The predicted octanol–water partition coefficient (Wildman–Crippen LogP) is 2.60. The second-order valence-corrected chi connectivity index (χ2v) is 5.30. The van der Waals surface area contributed by atoms with E-state index in [0.29, 0.717) is 5.56 Å². The molecule has 1 atom stereocenters. The number of aromatic nitrogens is 2. The second kappa shape index (κ2) is 6.08. The number of halogens is 1. The molecule has 0 fully saturated rings. The first-order chi connectivity index (χ1) is 9.88. The Labute approximate surface area is 124 Å². The van der Waals surface area contributed by atoms with E-state index >= 15 is 0 Å². The largest absolute Gasteiger partial charge is 0.349 e. The zero-order valence-electron chi connectivity index (χ0n) is 12.8. The van der Waals surface area contributed by atoms with E-state index < -0.39 is 0 Å². The van der Waals surface area contributed by atoms with Crippen molar-refractivity contribution in [2.45, 2.75) is 33.2 Å². The number of carbonyl (C=O) groups excluding carboxylic acids is 1. The van der Waals surface area contributed by atoms with E-state index in [2.05, 4.69) is 10.4 Å². The highest BCUT2D eigenvalue weighted by atomic mass is 19.1. The molecule has 0 bridgehead atoms. The summed E-state index contributed by atoms with van der Waals surface area (Å²) >= 11 is 0. The van der Waals surface area contributed by atoms with E-state index in [-0.39, 0.29) is 24.2 Å². The Bertz CT molecular complexity index is 664. The zero-order valence-corrected chi connectivity index (χ0v) is 12.8. The lowest BCUT2D eigenvalue weighted by atomic mass is 10.1. The van der Waals surface area contributed by atoms with Gasteiger partial charge in [0.05, 0.1) is 18.2 Å². The first-order valence-corrected chi connectivity index (χ1v) is 6.92. The maximum atomic E-state index is 13.1. The number of hydrogen-bond acceptors (Lipinski definition) is 2. The molecule has 0 radical (unpaired) electrons. The monoisotopic (exact) mass is 289 g/mol. The lowest BCUT2D eigenvalue weighted by molar-refractivity contribution is -0.121. The maximum absolute atomic E-state index is 13.1. The van der Waals surface area contributed by atoms with Gasteiger partial charge in [0.15, 0.2) is 0 Å². The zero-order chi connectivity index (χ0) is 15.6. The summed E-state index contributed by atoms with van der Waals surface area (Å²) in [5.41, 5.74) is 3.64. The Hall–Kier alpha value is -2.17. The number of amides is 1. The summed E-state index contributed by atoms with van der Waals surface area (Å²) in [4.78, 5) is 12.1. The molecule has 0 spiro atoms. The van der Waals surface area contributed by atoms with Crippen LogP contribution in [0.3, 0.4) is 0 Å². The highest BCUT2D eigenvalue weighted by molar-refractivity contribution is 5.79. The van der Waals surface area contributed by atoms with Gasteiger partial charge in [-0.15, -0.1) is 0 Å². The van der Waals surface area contributed by atoms with Gasteiger partial charge in [0.25, 0.3) is 0 Å². The van der Waals surface area contributed by atoms with Gasteiger partial charge in [-0.2, -0.15) is 5.10 Å². The van der Waals surface area contributed by atoms with Crippen LogP contribution in [0.25, 0.3) is 0 Å². The third-order valence-electron chi connectivity index (χ3n) is 3.63. The molecule has 1 amide bonds. The lowest BCUT2D eigenvalue weighted by Gasteiger charge is -2.15. The Morgan fingerprint density at radius 2 is 2.14 bits per heavy atom. The van der Waals surface area contributed by atoms with Crippen molar-refractivity contribution >= 4 is 5.91 Å². The first kappa shape index (κ1) is 15.2. The Kier molecular flexibility index (Phi) is 4.40. The fourth-order valence-electron chi connectivity index (χ4n) is 2.61. The summed E-state index contributed by atoms with van der Waals surface area (Å²) in [7, 11) is 1.88. The smallest absolute Gasteiger partial charge is 0.224 e. The van der Waals surface area contributed by atoms with Crippen molar-refractivity contribution in [1.29, 1.82) is 0 Å². The van der Waals surface area contributed by atoms with Gasteiger partial charge in [-0.05, 0) is 38.5 Å². The fraction of sp³-hybridized carbons (Fsp3) is 0.375. The summed E-state index contributed by atoms with van der Waals surface area (Å²) in [6.45, 7) is 5.84. The molecule has 0 unspecified atom stereocenters. The molecule has 4 nitrogen and oxygen atoms in total. The van der Waals surface area contributed by atoms with Crippen molar-refractivity contribution in [1.82, 2.24) is 15.1 Å². The van der Waals surface area contributed by atoms with Crippen LogP contribution in [0.2, 0.25) is 0 Å². The van der Waals surface area contributed by atoms with Gasteiger partial charge in [0, 0.05) is 18.3 Å². The second-order valence-electron chi connectivity index (χ2n) is 5.30. The predicted molar refractivity (Wildman–Crippen MR) is 79.3 cm³/mol. The minimum Gasteiger partial charge on any atom is -0.349 e. The highest BCUT2D eigenvalue weighted by Gasteiger charge is 2.18. The van der Waals surface area contributed by atoms with Gasteiger partial charge >= 0.3 is 0 Å². The molecule has 2 aromatic rings. The SMILES string of the molecule is Cc1nn(C)c(C)c1[C@@H](C)NC(=O)Cc1cccc(F)c1. The summed E-state index contributed by atoms with van der Waals surface area (Å²) in [5, 5.41) is 7.29. The Morgan fingerprint density at radius 3 is 2.71 bits per heavy atom. The van der Waals surface area contributed by atoms with Gasteiger partial charge in [-0.3, -0.25) is 9.48 Å². The summed E-state index contributed by atoms with van der Waals surface area (Å²) in [6, 6.07) is 5.97. The van der Waals surface area contributed by atoms with Crippen molar-refractivity contribution in [2.24, 2.45) is 7.05 Å². The van der Waals surface area contributed by atoms with Gasteiger partial charge in [-0.25, -0.2) is 4.39 Å². The van der Waals surface area contributed by atoms with Gasteiger partial charge in [0.2, 0.25) is 5.91 Å². The van der Waals surface area contributed by atoms with Crippen molar-refractivity contribution in [3.8, 4) is 0 Å². The van der Waals surface area contributed by atoms with E-state index in [4.69, 9.17) is 0 Å². The molecule has 0 aliphatic heterocycles. The van der Waals surface area contributed by atoms with Crippen LogP contribution in [0.5, 0.6) is 0 Å². The van der Waals surface area contributed by atoms with Crippen LogP contribution in [0, 0.1) is 19.7 Å². The fourth-order valence-corrected chi connectivity index (χ4v) is 2.61. The number of nitrogens with zero attached hydrogens (tertiary/aromatic N) is 2. The van der Waals surface area contributed by atoms with E-state index in [0.717, 1.165) is 17.0 Å². The van der Waals surface area contributed by atoms with Gasteiger partial charge in [0.1, 0.15) is 5.82 Å². The molecule has 1 heterocycles. The highest BCUT2D eigenvalue weighted by Crippen LogP contribution is 2.20. The van der Waals surface area contributed by atoms with Crippen molar-refractivity contribution < 1.29 is 9.18 Å². The van der Waals surface area contributed by atoms with Crippen LogP contribution in [0.4, 0.5) is 4.39 Å². The van der Waals surface area contributed by atoms with Crippen molar-refractivity contribution in [2.75, 3.05) is 0 Å². The molecule has 112 valence electrons. The van der Waals surface area contributed by atoms with E-state index in [1.165, 1.54) is 12.1 Å². The molecule has 0 saturated heterocycles. The van der Waals surface area contributed by atoms with E-state index in [9.17, 15) is 9.18 Å². The number of hydrogen-bond donors (Lipinski definition) is 1. The van der Waals surface area contributed by atoms with Crippen LogP contribution in [-0.2, 0) is 18.3 Å². The summed E-state index contributed by atoms with van der Waals surface area (Å²) < 4.78 is 14.9. The topological polar surface area (TPSA) is 46.9 Å². The molecule has 5 heteroatoms. The Morgan fingerprint density at radius 1 is 1.43 bits per heavy atom. The number of nitrogens with one attached hydrogen (secondary N) is 1. The molecular weight excluding hydrogens is 269 g/mol. The molecular formula is C16H20FN3O. The van der Waals surface area contributed by atoms with Crippen LogP contribution < -0.4 is 5.32 Å². The minimum absolute atomic E-state index is 0.125. The summed E-state index contributed by atoms with van der Waals surface area (Å²) in [6.07, 6.45) is 0.167. The van der Waals surface area contributed by atoms with E-state index in [1.54, 1.807) is 16.8 Å². The van der Waals surface area contributed by atoms with E-state index in [1.807, 2.05) is 27.8 Å². The third-order valence-corrected chi connectivity index (χ3v) is 3.63. The van der Waals surface area contributed by atoms with Crippen LogP contribution in [0.15, 0.2) is 24.3 Å².